The summed E-state index contributed by atoms with van der Waals surface area (Å²) in [6, 6.07) is 8.77. The van der Waals surface area contributed by atoms with Crippen LogP contribution in [-0.4, -0.2) is 25.7 Å². The fourth-order valence-electron chi connectivity index (χ4n) is 1.16. The molecule has 0 aromatic heterocycles. The number of benzene rings is 1. The minimum atomic E-state index is -0.527. The Hall–Kier alpha value is -2.04. The molecule has 0 bridgehead atoms. The first-order chi connectivity index (χ1) is 8.22. The van der Waals surface area contributed by atoms with Gasteiger partial charge in [0.2, 0.25) is 0 Å². The first kappa shape index (κ1) is 13.0. The van der Waals surface area contributed by atoms with Crippen molar-refractivity contribution < 1.29 is 19.1 Å². The maximum absolute atomic E-state index is 11.3. The summed E-state index contributed by atoms with van der Waals surface area (Å²) in [7, 11) is 1.33. The van der Waals surface area contributed by atoms with E-state index in [1.54, 1.807) is 24.3 Å². The second kappa shape index (κ2) is 7.27. The number of esters is 1. The van der Waals surface area contributed by atoms with Crippen LogP contribution in [0.4, 0.5) is 4.79 Å². The quantitative estimate of drug-likeness (QED) is 0.625. The number of para-hydroxylation sites is 1. The number of amides is 1. The third-order valence-corrected chi connectivity index (χ3v) is 2.01. The molecule has 0 unspecified atom stereocenters. The molecule has 0 aliphatic heterocycles. The second-order valence-corrected chi connectivity index (χ2v) is 3.31. The van der Waals surface area contributed by atoms with Gasteiger partial charge < -0.3 is 14.8 Å². The molecule has 17 heavy (non-hydrogen) atoms. The number of nitrogens with one attached hydrogen (secondary N) is 1. The number of rotatable bonds is 5. The van der Waals surface area contributed by atoms with E-state index in [0.29, 0.717) is 18.7 Å². The summed E-state index contributed by atoms with van der Waals surface area (Å²) in [6.45, 7) is 0.376. The van der Waals surface area contributed by atoms with E-state index in [9.17, 15) is 9.59 Å². The molecular formula is C12H15NO4. The van der Waals surface area contributed by atoms with Gasteiger partial charge in [0.05, 0.1) is 7.11 Å². The lowest BCUT2D eigenvalue weighted by atomic mass is 10.3. The normalized spacial score (nSPS) is 9.47. The van der Waals surface area contributed by atoms with Crippen LogP contribution in [0.25, 0.3) is 0 Å². The zero-order chi connectivity index (χ0) is 12.5. The number of ether oxygens (including phenoxy) is 2. The van der Waals surface area contributed by atoms with Gasteiger partial charge in [0.15, 0.2) is 0 Å². The van der Waals surface area contributed by atoms with Gasteiger partial charge in [-0.05, 0) is 18.6 Å². The predicted molar refractivity (Wildman–Crippen MR) is 61.7 cm³/mol. The molecule has 5 nitrogen and oxygen atoms in total. The van der Waals surface area contributed by atoms with E-state index < -0.39 is 6.09 Å². The van der Waals surface area contributed by atoms with Crippen LogP contribution in [0.2, 0.25) is 0 Å². The maximum atomic E-state index is 11.3. The molecule has 1 N–H and O–H groups in total. The van der Waals surface area contributed by atoms with Gasteiger partial charge in [-0.15, -0.1) is 0 Å². The number of hydrogen-bond donors (Lipinski definition) is 1. The number of methoxy groups -OCH3 is 1. The molecule has 0 aliphatic carbocycles. The van der Waals surface area contributed by atoms with Crippen LogP contribution in [0, 0.1) is 0 Å². The van der Waals surface area contributed by atoms with Gasteiger partial charge in [0.25, 0.3) is 0 Å². The second-order valence-electron chi connectivity index (χ2n) is 3.31. The lowest BCUT2D eigenvalue weighted by molar-refractivity contribution is -0.140. The Kier molecular flexibility index (Phi) is 5.57. The summed E-state index contributed by atoms with van der Waals surface area (Å²) in [6.07, 6.45) is 0.277. The summed E-state index contributed by atoms with van der Waals surface area (Å²) >= 11 is 0. The number of hydrogen-bond acceptors (Lipinski definition) is 4. The molecule has 1 aromatic carbocycles. The smallest absolute Gasteiger partial charge is 0.412 e. The van der Waals surface area contributed by atoms with Gasteiger partial charge in [0, 0.05) is 13.0 Å². The highest BCUT2D eigenvalue weighted by Crippen LogP contribution is 2.07. The molecule has 0 saturated heterocycles. The SMILES string of the molecule is COC(=O)CCCNC(=O)Oc1ccccc1. The van der Waals surface area contributed by atoms with Crippen molar-refractivity contribution in [2.24, 2.45) is 0 Å². The monoisotopic (exact) mass is 237 g/mol. The van der Waals surface area contributed by atoms with Crippen molar-refractivity contribution in [1.29, 1.82) is 0 Å². The van der Waals surface area contributed by atoms with Crippen LogP contribution in [0.1, 0.15) is 12.8 Å². The van der Waals surface area contributed by atoms with Gasteiger partial charge in [-0.25, -0.2) is 4.79 Å². The standard InChI is InChI=1S/C12H15NO4/c1-16-11(14)8-5-9-13-12(15)17-10-6-3-2-4-7-10/h2-4,6-7H,5,8-9H2,1H3,(H,13,15). The van der Waals surface area contributed by atoms with Crippen molar-refractivity contribution in [3.63, 3.8) is 0 Å². The highest BCUT2D eigenvalue weighted by molar-refractivity contribution is 5.71. The van der Waals surface area contributed by atoms with Gasteiger partial charge in [0.1, 0.15) is 5.75 Å². The first-order valence-corrected chi connectivity index (χ1v) is 5.30. The number of carbonyl (C=O) groups is 2. The molecule has 92 valence electrons. The van der Waals surface area contributed by atoms with E-state index in [0.717, 1.165) is 0 Å². The number of carbonyl (C=O) groups excluding carboxylic acids is 2. The summed E-state index contributed by atoms with van der Waals surface area (Å²) in [5.74, 6) is 0.196. The Labute approximate surface area is 99.7 Å². The Balaban J connectivity index is 2.16. The van der Waals surface area contributed by atoms with E-state index in [2.05, 4.69) is 10.1 Å². The fourth-order valence-corrected chi connectivity index (χ4v) is 1.16. The van der Waals surface area contributed by atoms with E-state index in [4.69, 9.17) is 4.74 Å². The first-order valence-electron chi connectivity index (χ1n) is 5.30. The van der Waals surface area contributed by atoms with Crippen molar-refractivity contribution in [1.82, 2.24) is 5.32 Å². The average molecular weight is 237 g/mol. The maximum Gasteiger partial charge on any atom is 0.412 e. The van der Waals surface area contributed by atoms with E-state index in [1.807, 2.05) is 6.07 Å². The molecule has 0 aliphatic rings. The fraction of sp³-hybridized carbons (Fsp3) is 0.333. The predicted octanol–water partition coefficient (Wildman–Crippen LogP) is 1.73. The van der Waals surface area contributed by atoms with Crippen molar-refractivity contribution in [3.8, 4) is 5.75 Å². The van der Waals surface area contributed by atoms with E-state index in [-0.39, 0.29) is 12.4 Å². The Bertz CT molecular complexity index is 364. The van der Waals surface area contributed by atoms with Gasteiger partial charge in [-0.1, -0.05) is 18.2 Å². The van der Waals surface area contributed by atoms with Crippen LogP contribution in [-0.2, 0) is 9.53 Å². The Morgan fingerprint density at radius 1 is 1.24 bits per heavy atom. The van der Waals surface area contributed by atoms with Crippen LogP contribution in [0.5, 0.6) is 5.75 Å². The molecule has 0 atom stereocenters. The molecule has 0 heterocycles. The van der Waals surface area contributed by atoms with Crippen LogP contribution < -0.4 is 10.1 Å². The molecule has 1 rings (SSSR count). The lowest BCUT2D eigenvalue weighted by Gasteiger charge is -2.05. The molecule has 0 radical (unpaired) electrons. The van der Waals surface area contributed by atoms with Gasteiger partial charge in [-0.3, -0.25) is 4.79 Å². The van der Waals surface area contributed by atoms with Crippen molar-refractivity contribution in [2.75, 3.05) is 13.7 Å². The lowest BCUT2D eigenvalue weighted by Crippen LogP contribution is -2.28. The summed E-state index contributed by atoms with van der Waals surface area (Å²) in [4.78, 5) is 22.1. The third-order valence-electron chi connectivity index (χ3n) is 2.01. The average Bonchev–Trinajstić information content (AvgIpc) is 2.35. The van der Waals surface area contributed by atoms with Crippen LogP contribution in [0.3, 0.4) is 0 Å². The van der Waals surface area contributed by atoms with E-state index in [1.165, 1.54) is 7.11 Å². The van der Waals surface area contributed by atoms with Crippen molar-refractivity contribution in [3.05, 3.63) is 30.3 Å². The van der Waals surface area contributed by atoms with E-state index >= 15 is 0 Å². The molecule has 0 fully saturated rings. The zero-order valence-electron chi connectivity index (χ0n) is 9.64. The molecule has 1 aromatic rings. The summed E-state index contributed by atoms with van der Waals surface area (Å²) in [5, 5.41) is 2.54. The third kappa shape index (κ3) is 5.55. The van der Waals surface area contributed by atoms with Gasteiger partial charge in [-0.2, -0.15) is 0 Å². The largest absolute Gasteiger partial charge is 0.469 e. The zero-order valence-corrected chi connectivity index (χ0v) is 9.64. The van der Waals surface area contributed by atoms with Crippen LogP contribution in [0.15, 0.2) is 30.3 Å². The molecule has 1 amide bonds. The molecular weight excluding hydrogens is 222 g/mol. The van der Waals surface area contributed by atoms with Crippen molar-refractivity contribution in [2.45, 2.75) is 12.8 Å². The highest BCUT2D eigenvalue weighted by atomic mass is 16.6. The molecule has 5 heteroatoms. The summed E-state index contributed by atoms with van der Waals surface area (Å²) < 4.78 is 9.45. The molecule has 0 spiro atoms. The topological polar surface area (TPSA) is 64.6 Å². The van der Waals surface area contributed by atoms with Crippen molar-refractivity contribution >= 4 is 12.1 Å². The molecule has 0 saturated carbocycles. The minimum Gasteiger partial charge on any atom is -0.469 e. The highest BCUT2D eigenvalue weighted by Gasteiger charge is 2.04. The Morgan fingerprint density at radius 2 is 1.94 bits per heavy atom. The minimum absolute atomic E-state index is 0.280. The summed E-state index contributed by atoms with van der Waals surface area (Å²) in [5.41, 5.74) is 0. The van der Waals surface area contributed by atoms with Crippen LogP contribution >= 0.6 is 0 Å². The van der Waals surface area contributed by atoms with Gasteiger partial charge >= 0.3 is 12.1 Å². The Morgan fingerprint density at radius 3 is 2.59 bits per heavy atom.